The van der Waals surface area contributed by atoms with Crippen LogP contribution >= 0.6 is 0 Å². The van der Waals surface area contributed by atoms with Crippen LogP contribution in [0.2, 0.25) is 0 Å². The van der Waals surface area contributed by atoms with Crippen LogP contribution < -0.4 is 5.32 Å². The van der Waals surface area contributed by atoms with Crippen LogP contribution in [-0.2, 0) is 14.3 Å². The Morgan fingerprint density at radius 2 is 1.74 bits per heavy atom. The topological polar surface area (TPSA) is 71.1 Å². The minimum Gasteiger partial charge on any atom is -0.444 e. The van der Waals surface area contributed by atoms with Crippen LogP contribution in [0.4, 0.5) is 4.79 Å². The van der Waals surface area contributed by atoms with Crippen molar-refractivity contribution in [3.63, 3.8) is 0 Å². The van der Waals surface area contributed by atoms with Gasteiger partial charge < -0.3 is 19.7 Å². The molecule has 0 aromatic carbocycles. The Hall–Kier alpha value is -1.34. The number of carbonyl (C=O) groups is 2. The number of nitrogens with zero attached hydrogens (tertiary/aromatic N) is 2. The zero-order valence-corrected chi connectivity index (χ0v) is 20.1. The fourth-order valence-corrected chi connectivity index (χ4v) is 5.27. The molecule has 2 aliphatic heterocycles. The Balaban J connectivity index is 1.50. The third kappa shape index (κ3) is 7.07. The molecule has 0 aromatic rings. The second-order valence-electron chi connectivity index (χ2n) is 10.9. The summed E-state index contributed by atoms with van der Waals surface area (Å²) in [5.41, 5.74) is -1.08. The quantitative estimate of drug-likeness (QED) is 0.714. The molecule has 2 amide bonds. The fourth-order valence-electron chi connectivity index (χ4n) is 5.27. The van der Waals surface area contributed by atoms with Gasteiger partial charge in [-0.2, -0.15) is 0 Å². The largest absolute Gasteiger partial charge is 0.444 e. The molecule has 178 valence electrons. The number of rotatable bonds is 5. The fraction of sp³-hybridized carbons (Fsp3) is 0.917. The Labute approximate surface area is 188 Å². The first-order valence-corrected chi connectivity index (χ1v) is 12.3. The van der Waals surface area contributed by atoms with Crippen LogP contribution in [0, 0.1) is 11.8 Å². The monoisotopic (exact) mass is 437 g/mol. The number of hydrogen-bond acceptors (Lipinski definition) is 5. The Bertz CT molecular complexity index is 606. The number of hydrogen-bond donors (Lipinski definition) is 1. The smallest absolute Gasteiger partial charge is 0.408 e. The molecule has 0 spiro atoms. The summed E-state index contributed by atoms with van der Waals surface area (Å²) < 4.78 is 10.9. The predicted molar refractivity (Wildman–Crippen MR) is 121 cm³/mol. The third-order valence-corrected chi connectivity index (χ3v) is 7.18. The highest BCUT2D eigenvalue weighted by Gasteiger charge is 2.44. The van der Waals surface area contributed by atoms with E-state index < -0.39 is 17.2 Å². The van der Waals surface area contributed by atoms with Crippen molar-refractivity contribution in [1.82, 2.24) is 15.1 Å². The van der Waals surface area contributed by atoms with Crippen molar-refractivity contribution in [3.05, 3.63) is 0 Å². The lowest BCUT2D eigenvalue weighted by Gasteiger charge is -2.44. The summed E-state index contributed by atoms with van der Waals surface area (Å²) >= 11 is 0. The molecule has 0 aromatic heterocycles. The molecule has 2 saturated heterocycles. The van der Waals surface area contributed by atoms with Gasteiger partial charge in [0.15, 0.2) is 0 Å². The van der Waals surface area contributed by atoms with Crippen LogP contribution in [0.25, 0.3) is 0 Å². The van der Waals surface area contributed by atoms with Crippen LogP contribution in [0.3, 0.4) is 0 Å². The number of likely N-dealkylation sites (tertiary alicyclic amines) is 1. The van der Waals surface area contributed by atoms with Crippen LogP contribution in [-0.4, -0.2) is 78.9 Å². The van der Waals surface area contributed by atoms with Crippen molar-refractivity contribution in [2.45, 2.75) is 83.8 Å². The molecule has 3 rings (SSSR count). The van der Waals surface area contributed by atoms with Crippen molar-refractivity contribution in [1.29, 1.82) is 0 Å². The van der Waals surface area contributed by atoms with E-state index in [1.54, 1.807) is 0 Å². The minimum atomic E-state index is -0.544. The van der Waals surface area contributed by atoms with E-state index in [2.05, 4.69) is 15.1 Å². The standard InChI is InChI=1S/C24H43N3O4/c1-23(2,3)31-22(29)25-24(4)11-6-5-7-20(24)21(28)27-13-9-19(10-14-27)8-12-26-15-17-30-18-16-26/h19-20H,5-18H2,1-4H3,(H,25,29). The number of piperidine rings is 1. The molecule has 1 aliphatic carbocycles. The molecule has 2 unspecified atom stereocenters. The molecular weight excluding hydrogens is 394 g/mol. The zero-order chi connectivity index (χ0) is 22.5. The van der Waals surface area contributed by atoms with Gasteiger partial charge in [0.05, 0.1) is 24.7 Å². The molecule has 1 N–H and O–H groups in total. The van der Waals surface area contributed by atoms with Crippen molar-refractivity contribution >= 4 is 12.0 Å². The molecule has 3 aliphatic rings. The van der Waals surface area contributed by atoms with Gasteiger partial charge in [0.25, 0.3) is 0 Å². The lowest BCUT2D eigenvalue weighted by Crippen LogP contribution is -2.59. The van der Waals surface area contributed by atoms with Crippen molar-refractivity contribution in [2.24, 2.45) is 11.8 Å². The maximum atomic E-state index is 13.5. The normalized spacial score (nSPS) is 28.9. The summed E-state index contributed by atoms with van der Waals surface area (Å²) in [4.78, 5) is 30.5. The van der Waals surface area contributed by atoms with Gasteiger partial charge >= 0.3 is 6.09 Å². The molecule has 7 heteroatoms. The number of nitrogens with one attached hydrogen (secondary N) is 1. The second kappa shape index (κ2) is 10.5. The molecular formula is C24H43N3O4. The number of ether oxygens (including phenoxy) is 2. The summed E-state index contributed by atoms with van der Waals surface area (Å²) in [6.45, 7) is 14.2. The van der Waals surface area contributed by atoms with Crippen molar-refractivity contribution < 1.29 is 19.1 Å². The van der Waals surface area contributed by atoms with Gasteiger partial charge in [-0.25, -0.2) is 4.79 Å². The minimum absolute atomic E-state index is 0.168. The molecule has 31 heavy (non-hydrogen) atoms. The Morgan fingerprint density at radius 3 is 2.39 bits per heavy atom. The van der Waals surface area contributed by atoms with Gasteiger partial charge in [0, 0.05) is 26.2 Å². The van der Waals surface area contributed by atoms with Gasteiger partial charge in [-0.05, 0) is 72.3 Å². The number of carbonyl (C=O) groups excluding carboxylic acids is 2. The van der Waals surface area contributed by atoms with E-state index in [4.69, 9.17) is 9.47 Å². The third-order valence-electron chi connectivity index (χ3n) is 7.18. The molecule has 2 heterocycles. The van der Waals surface area contributed by atoms with E-state index in [0.717, 1.165) is 84.5 Å². The van der Waals surface area contributed by atoms with Gasteiger partial charge in [0.1, 0.15) is 5.60 Å². The first-order valence-electron chi connectivity index (χ1n) is 12.3. The van der Waals surface area contributed by atoms with Crippen molar-refractivity contribution in [2.75, 3.05) is 45.9 Å². The highest BCUT2D eigenvalue weighted by molar-refractivity contribution is 5.81. The maximum Gasteiger partial charge on any atom is 0.408 e. The van der Waals surface area contributed by atoms with Crippen LogP contribution in [0.15, 0.2) is 0 Å². The van der Waals surface area contributed by atoms with E-state index in [9.17, 15) is 9.59 Å². The number of alkyl carbamates (subject to hydrolysis) is 1. The van der Waals surface area contributed by atoms with Gasteiger partial charge in [-0.1, -0.05) is 12.8 Å². The first-order chi connectivity index (χ1) is 14.7. The van der Waals surface area contributed by atoms with E-state index in [-0.39, 0.29) is 11.8 Å². The Kier molecular flexibility index (Phi) is 8.25. The highest BCUT2D eigenvalue weighted by Crippen LogP contribution is 2.36. The van der Waals surface area contributed by atoms with Crippen LogP contribution in [0.1, 0.15) is 72.6 Å². The SMILES string of the molecule is CC(C)(C)OC(=O)NC1(C)CCCCC1C(=O)N1CCC(CCN2CCOCC2)CC1. The van der Waals surface area contributed by atoms with E-state index in [1.165, 1.54) is 6.42 Å². The molecule has 3 fully saturated rings. The molecule has 0 bridgehead atoms. The lowest BCUT2D eigenvalue weighted by atomic mass is 9.73. The average Bonchev–Trinajstić information content (AvgIpc) is 2.71. The molecule has 1 saturated carbocycles. The van der Waals surface area contributed by atoms with Gasteiger partial charge in [0.2, 0.25) is 5.91 Å². The summed E-state index contributed by atoms with van der Waals surface area (Å²) in [6, 6.07) is 0. The second-order valence-corrected chi connectivity index (χ2v) is 10.9. The highest BCUT2D eigenvalue weighted by atomic mass is 16.6. The van der Waals surface area contributed by atoms with Gasteiger partial charge in [-0.15, -0.1) is 0 Å². The summed E-state index contributed by atoms with van der Waals surface area (Å²) in [5.74, 6) is 0.744. The van der Waals surface area contributed by atoms with E-state index in [0.29, 0.717) is 5.92 Å². The van der Waals surface area contributed by atoms with Crippen molar-refractivity contribution in [3.8, 4) is 0 Å². The lowest BCUT2D eigenvalue weighted by molar-refractivity contribution is -0.141. The molecule has 0 radical (unpaired) electrons. The number of morpholine rings is 1. The molecule has 2 atom stereocenters. The van der Waals surface area contributed by atoms with E-state index in [1.807, 2.05) is 27.7 Å². The zero-order valence-electron chi connectivity index (χ0n) is 20.1. The summed E-state index contributed by atoms with van der Waals surface area (Å²) in [5, 5.41) is 3.06. The van der Waals surface area contributed by atoms with Crippen LogP contribution in [0.5, 0.6) is 0 Å². The first kappa shape index (κ1) is 24.3. The summed E-state index contributed by atoms with van der Waals surface area (Å²) in [6.07, 6.45) is 6.68. The Morgan fingerprint density at radius 1 is 1.06 bits per heavy atom. The van der Waals surface area contributed by atoms with E-state index >= 15 is 0 Å². The maximum absolute atomic E-state index is 13.5. The predicted octanol–water partition coefficient (Wildman–Crippen LogP) is 3.42. The van der Waals surface area contributed by atoms with Gasteiger partial charge in [-0.3, -0.25) is 9.69 Å². The number of amides is 2. The summed E-state index contributed by atoms with van der Waals surface area (Å²) in [7, 11) is 0. The average molecular weight is 438 g/mol. The molecule has 7 nitrogen and oxygen atoms in total.